The van der Waals surface area contributed by atoms with E-state index in [1.807, 2.05) is 23.6 Å². The molecule has 0 fully saturated rings. The number of hydrogen-bond donors (Lipinski definition) is 2. The van der Waals surface area contributed by atoms with Crippen LogP contribution in [0.4, 0.5) is 5.69 Å². The summed E-state index contributed by atoms with van der Waals surface area (Å²) in [4.78, 5) is 6.43. The lowest BCUT2D eigenvalue weighted by Crippen LogP contribution is -2.26. The number of amidine groups is 1. The van der Waals surface area contributed by atoms with Gasteiger partial charge in [-0.15, -0.1) is 11.3 Å². The molecule has 0 radical (unpaired) electrons. The van der Waals surface area contributed by atoms with Crippen molar-refractivity contribution < 1.29 is 14.6 Å². The van der Waals surface area contributed by atoms with Crippen LogP contribution in [-0.4, -0.2) is 36.7 Å². The van der Waals surface area contributed by atoms with Crippen molar-refractivity contribution in [2.24, 2.45) is 0 Å². The largest absolute Gasteiger partial charge is 0.510 e. The van der Waals surface area contributed by atoms with Crippen LogP contribution in [0.5, 0.6) is 11.5 Å². The molecule has 0 amide bonds. The minimum absolute atomic E-state index is 0.128. The van der Waals surface area contributed by atoms with Gasteiger partial charge in [-0.1, -0.05) is 12.1 Å². The number of aryl methyl sites for hydroxylation is 2. The predicted molar refractivity (Wildman–Crippen MR) is 121 cm³/mol. The van der Waals surface area contributed by atoms with Crippen molar-refractivity contribution in [1.82, 2.24) is 4.98 Å². The molecule has 0 bridgehead atoms. The van der Waals surface area contributed by atoms with E-state index >= 15 is 0 Å². The van der Waals surface area contributed by atoms with E-state index in [2.05, 4.69) is 26.0 Å². The normalized spacial score (nSPS) is 13.9. The van der Waals surface area contributed by atoms with Gasteiger partial charge in [-0.25, -0.2) is 4.98 Å². The smallest absolute Gasteiger partial charge is 0.139 e. The molecule has 4 rings (SSSR count). The van der Waals surface area contributed by atoms with Gasteiger partial charge >= 0.3 is 0 Å². The number of nitrogens with zero attached hydrogens (tertiary/aromatic N) is 2. The number of rotatable bonds is 5. The van der Waals surface area contributed by atoms with E-state index in [0.29, 0.717) is 27.8 Å². The molecule has 2 aromatic carbocycles. The van der Waals surface area contributed by atoms with Crippen LogP contribution in [0.15, 0.2) is 47.5 Å². The maximum absolute atomic E-state index is 10.7. The Morgan fingerprint density at radius 1 is 1.03 bits per heavy atom. The Hall–Kier alpha value is -3.32. The van der Waals surface area contributed by atoms with E-state index in [0.717, 1.165) is 11.3 Å². The average molecular weight is 422 g/mol. The molecule has 6 nitrogen and oxygen atoms in total. The zero-order chi connectivity index (χ0) is 21.4. The second kappa shape index (κ2) is 7.84. The van der Waals surface area contributed by atoms with Crippen LogP contribution in [0.1, 0.15) is 16.1 Å². The molecule has 2 heterocycles. The number of hydrogen-bond acceptors (Lipinski definition) is 6. The standard InChI is InChI=1S/C23H23N3O3S/c1-13-5-6-15(7-14(13)2)19-12-30-23(25-19)21-20(27)11-26(22(21)24)16-8-17(28-3)10-18(9-16)29-4/h5-10,12,24,27H,11H2,1-4H3. The molecular formula is C23H23N3O3S. The lowest BCUT2D eigenvalue weighted by Gasteiger charge is -2.20. The van der Waals surface area contributed by atoms with Crippen LogP contribution in [0.2, 0.25) is 0 Å². The Morgan fingerprint density at radius 3 is 2.37 bits per heavy atom. The van der Waals surface area contributed by atoms with Crippen molar-refractivity contribution in [3.8, 4) is 22.8 Å². The van der Waals surface area contributed by atoms with E-state index in [4.69, 9.17) is 19.9 Å². The van der Waals surface area contributed by atoms with Crippen LogP contribution in [0.3, 0.4) is 0 Å². The highest BCUT2D eigenvalue weighted by atomic mass is 32.1. The number of ether oxygens (including phenoxy) is 2. The van der Waals surface area contributed by atoms with Crippen molar-refractivity contribution in [3.05, 3.63) is 63.7 Å². The summed E-state index contributed by atoms with van der Waals surface area (Å²) >= 11 is 1.43. The average Bonchev–Trinajstić information content (AvgIpc) is 3.33. The lowest BCUT2D eigenvalue weighted by atomic mass is 10.1. The summed E-state index contributed by atoms with van der Waals surface area (Å²) in [6.45, 7) is 4.35. The Balaban J connectivity index is 1.65. The highest BCUT2D eigenvalue weighted by Gasteiger charge is 2.31. The highest BCUT2D eigenvalue weighted by molar-refractivity contribution is 7.11. The number of aliphatic hydroxyl groups excluding tert-OH is 1. The Morgan fingerprint density at radius 2 is 1.73 bits per heavy atom. The van der Waals surface area contributed by atoms with Crippen LogP contribution in [-0.2, 0) is 0 Å². The lowest BCUT2D eigenvalue weighted by molar-refractivity contribution is 0.394. The quantitative estimate of drug-likeness (QED) is 0.591. The van der Waals surface area contributed by atoms with Crippen LogP contribution >= 0.6 is 11.3 Å². The number of aromatic nitrogens is 1. The van der Waals surface area contributed by atoms with Gasteiger partial charge in [0.15, 0.2) is 0 Å². The number of anilines is 1. The van der Waals surface area contributed by atoms with Gasteiger partial charge in [0, 0.05) is 29.1 Å². The summed E-state index contributed by atoms with van der Waals surface area (Å²) in [7, 11) is 3.16. The van der Waals surface area contributed by atoms with Gasteiger partial charge in [0.2, 0.25) is 0 Å². The van der Waals surface area contributed by atoms with Gasteiger partial charge in [0.05, 0.1) is 37.7 Å². The number of methoxy groups -OCH3 is 2. The van der Waals surface area contributed by atoms with Crippen molar-refractivity contribution in [2.45, 2.75) is 13.8 Å². The van der Waals surface area contributed by atoms with E-state index in [1.165, 1.54) is 22.5 Å². The fourth-order valence-electron chi connectivity index (χ4n) is 3.39. The number of aliphatic hydroxyl groups is 1. The Kier molecular flexibility index (Phi) is 5.22. The third kappa shape index (κ3) is 3.52. The summed E-state index contributed by atoms with van der Waals surface area (Å²) in [5.41, 5.74) is 5.47. The van der Waals surface area contributed by atoms with Crippen molar-refractivity contribution in [1.29, 1.82) is 5.41 Å². The molecular weight excluding hydrogens is 398 g/mol. The molecule has 3 aromatic rings. The monoisotopic (exact) mass is 421 g/mol. The van der Waals surface area contributed by atoms with Crippen LogP contribution in [0, 0.1) is 19.3 Å². The third-order valence-corrected chi connectivity index (χ3v) is 6.13. The van der Waals surface area contributed by atoms with E-state index < -0.39 is 0 Å². The topological polar surface area (TPSA) is 78.7 Å². The molecule has 154 valence electrons. The molecule has 0 spiro atoms. The first-order valence-electron chi connectivity index (χ1n) is 9.46. The number of thiazole rings is 1. The number of benzene rings is 2. The maximum atomic E-state index is 10.7. The van der Waals surface area contributed by atoms with Crippen LogP contribution in [0.25, 0.3) is 16.8 Å². The van der Waals surface area contributed by atoms with Crippen LogP contribution < -0.4 is 14.4 Å². The minimum Gasteiger partial charge on any atom is -0.510 e. The second-order valence-corrected chi connectivity index (χ2v) is 8.02. The van der Waals surface area contributed by atoms with E-state index in [-0.39, 0.29) is 18.1 Å². The summed E-state index contributed by atoms with van der Waals surface area (Å²) in [5.74, 6) is 1.57. The molecule has 0 unspecified atom stereocenters. The second-order valence-electron chi connectivity index (χ2n) is 7.16. The summed E-state index contributed by atoms with van der Waals surface area (Å²) in [6.07, 6.45) is 0. The molecule has 7 heteroatoms. The van der Waals surface area contributed by atoms with Gasteiger partial charge < -0.3 is 19.5 Å². The summed E-state index contributed by atoms with van der Waals surface area (Å²) in [6, 6.07) is 11.6. The van der Waals surface area contributed by atoms with E-state index in [1.54, 1.807) is 25.2 Å². The zero-order valence-electron chi connectivity index (χ0n) is 17.3. The van der Waals surface area contributed by atoms with Gasteiger partial charge in [-0.2, -0.15) is 0 Å². The number of nitrogens with one attached hydrogen (secondary N) is 1. The molecule has 2 N–H and O–H groups in total. The van der Waals surface area contributed by atoms with Crippen molar-refractivity contribution >= 4 is 28.4 Å². The van der Waals surface area contributed by atoms with Crippen molar-refractivity contribution in [3.63, 3.8) is 0 Å². The summed E-state index contributed by atoms with van der Waals surface area (Å²) < 4.78 is 10.7. The first-order valence-corrected chi connectivity index (χ1v) is 10.3. The predicted octanol–water partition coefficient (Wildman–Crippen LogP) is 5.21. The fourth-order valence-corrected chi connectivity index (χ4v) is 4.29. The molecule has 1 aliphatic rings. The van der Waals surface area contributed by atoms with Gasteiger partial charge in [-0.3, -0.25) is 5.41 Å². The minimum atomic E-state index is 0.128. The molecule has 0 atom stereocenters. The van der Waals surface area contributed by atoms with Gasteiger partial charge in [-0.05, 0) is 31.0 Å². The Labute approximate surface area is 179 Å². The van der Waals surface area contributed by atoms with E-state index in [9.17, 15) is 5.11 Å². The molecule has 1 aromatic heterocycles. The highest BCUT2D eigenvalue weighted by Crippen LogP contribution is 2.37. The van der Waals surface area contributed by atoms with Crippen molar-refractivity contribution in [2.75, 3.05) is 25.7 Å². The molecule has 0 aliphatic carbocycles. The third-order valence-electron chi connectivity index (χ3n) is 5.27. The Bertz CT molecular complexity index is 1140. The first kappa shape index (κ1) is 20.0. The molecule has 0 saturated heterocycles. The van der Waals surface area contributed by atoms with Gasteiger partial charge in [0.25, 0.3) is 0 Å². The zero-order valence-corrected chi connectivity index (χ0v) is 18.1. The maximum Gasteiger partial charge on any atom is 0.139 e. The van der Waals surface area contributed by atoms with Gasteiger partial charge in [0.1, 0.15) is 28.1 Å². The fraction of sp³-hybridized carbons (Fsp3) is 0.217. The molecule has 1 aliphatic heterocycles. The SMILES string of the molecule is COc1cc(OC)cc(N2CC(O)=C(c3nc(-c4ccc(C)c(C)c4)cs3)C2=N)c1. The molecule has 0 saturated carbocycles. The summed E-state index contributed by atoms with van der Waals surface area (Å²) in [5, 5.41) is 21.9. The molecule has 30 heavy (non-hydrogen) atoms. The first-order chi connectivity index (χ1) is 14.4.